The quantitative estimate of drug-likeness (QED) is 0.630. The van der Waals surface area contributed by atoms with Crippen molar-refractivity contribution in [1.82, 2.24) is 20.2 Å². The zero-order valence-electron chi connectivity index (χ0n) is 12.3. The Kier molecular flexibility index (Phi) is 7.52. The Bertz CT molecular complexity index is 394. The van der Waals surface area contributed by atoms with Gasteiger partial charge in [-0.15, -0.1) is 0 Å². The molecular weight excluding hydrogens is 258 g/mol. The van der Waals surface area contributed by atoms with Crippen LogP contribution in [0.2, 0.25) is 0 Å². The monoisotopic (exact) mass is 281 g/mol. The maximum atomic E-state index is 11.8. The number of ether oxygens (including phenoxy) is 1. The molecule has 0 spiro atoms. The molecule has 112 valence electrons. The van der Waals surface area contributed by atoms with Crippen LogP contribution in [0, 0.1) is 0 Å². The zero-order chi connectivity index (χ0) is 14.8. The third kappa shape index (κ3) is 6.44. The van der Waals surface area contributed by atoms with Crippen LogP contribution in [0.1, 0.15) is 17.4 Å². The maximum Gasteiger partial charge on any atom is 0.271 e. The Labute approximate surface area is 119 Å². The van der Waals surface area contributed by atoms with E-state index in [-0.39, 0.29) is 5.91 Å². The van der Waals surface area contributed by atoms with E-state index in [1.165, 1.54) is 6.20 Å². The van der Waals surface area contributed by atoms with Crippen LogP contribution in [0.15, 0.2) is 12.4 Å². The molecule has 0 bridgehead atoms. The van der Waals surface area contributed by atoms with Crippen molar-refractivity contribution in [3.63, 3.8) is 0 Å². The number of nitrogens with one attached hydrogen (secondary N) is 2. The van der Waals surface area contributed by atoms with Gasteiger partial charge in [0, 0.05) is 19.6 Å². The van der Waals surface area contributed by atoms with Crippen molar-refractivity contribution in [2.75, 3.05) is 52.3 Å². The molecule has 0 aliphatic rings. The van der Waals surface area contributed by atoms with E-state index in [1.54, 1.807) is 6.20 Å². The van der Waals surface area contributed by atoms with Crippen LogP contribution in [0.5, 0.6) is 0 Å². The Morgan fingerprint density at radius 3 is 2.70 bits per heavy atom. The molecule has 1 heterocycles. The van der Waals surface area contributed by atoms with Crippen molar-refractivity contribution < 1.29 is 9.53 Å². The standard InChI is InChI=1S/C13H23N5O2/c1-4-14-12-10-16-11(9-17-12)13(19)15-5-7-20-8-6-18(2)3/h9-10H,4-8H2,1-3H3,(H,14,17)(H,15,19). The van der Waals surface area contributed by atoms with E-state index < -0.39 is 0 Å². The summed E-state index contributed by atoms with van der Waals surface area (Å²) in [7, 11) is 3.97. The van der Waals surface area contributed by atoms with Gasteiger partial charge in [-0.3, -0.25) is 4.79 Å². The number of hydrogen-bond donors (Lipinski definition) is 2. The average molecular weight is 281 g/mol. The first-order valence-corrected chi connectivity index (χ1v) is 6.70. The van der Waals surface area contributed by atoms with E-state index in [1.807, 2.05) is 25.9 Å². The molecule has 0 radical (unpaired) electrons. The predicted octanol–water partition coefficient (Wildman–Crippen LogP) is 0.216. The minimum Gasteiger partial charge on any atom is -0.378 e. The van der Waals surface area contributed by atoms with Crippen LogP contribution >= 0.6 is 0 Å². The lowest BCUT2D eigenvalue weighted by Crippen LogP contribution is -2.29. The largest absolute Gasteiger partial charge is 0.378 e. The van der Waals surface area contributed by atoms with Gasteiger partial charge in [0.2, 0.25) is 0 Å². The molecule has 0 fully saturated rings. The van der Waals surface area contributed by atoms with Crippen LogP contribution in [-0.2, 0) is 4.74 Å². The molecule has 0 atom stereocenters. The summed E-state index contributed by atoms with van der Waals surface area (Å²) < 4.78 is 5.38. The second kappa shape index (κ2) is 9.22. The first-order valence-electron chi connectivity index (χ1n) is 6.70. The number of carbonyl (C=O) groups is 1. The Hall–Kier alpha value is -1.73. The van der Waals surface area contributed by atoms with E-state index in [9.17, 15) is 4.79 Å². The predicted molar refractivity (Wildman–Crippen MR) is 77.9 cm³/mol. The van der Waals surface area contributed by atoms with E-state index in [2.05, 4.69) is 20.6 Å². The van der Waals surface area contributed by atoms with Crippen molar-refractivity contribution in [2.24, 2.45) is 0 Å². The Morgan fingerprint density at radius 1 is 1.30 bits per heavy atom. The number of aromatic nitrogens is 2. The Morgan fingerprint density at radius 2 is 2.10 bits per heavy atom. The van der Waals surface area contributed by atoms with Gasteiger partial charge in [0.1, 0.15) is 11.5 Å². The number of amides is 1. The van der Waals surface area contributed by atoms with E-state index in [0.717, 1.165) is 13.1 Å². The summed E-state index contributed by atoms with van der Waals surface area (Å²) >= 11 is 0. The summed E-state index contributed by atoms with van der Waals surface area (Å²) in [6.07, 6.45) is 3.01. The molecule has 0 saturated carbocycles. The highest BCUT2D eigenvalue weighted by molar-refractivity contribution is 5.91. The van der Waals surface area contributed by atoms with Crippen LogP contribution in [0.4, 0.5) is 5.82 Å². The van der Waals surface area contributed by atoms with Gasteiger partial charge in [0.15, 0.2) is 0 Å². The molecule has 7 heteroatoms. The summed E-state index contributed by atoms with van der Waals surface area (Å²) in [4.78, 5) is 21.9. The lowest BCUT2D eigenvalue weighted by Gasteiger charge is -2.10. The molecule has 1 amide bonds. The first-order chi connectivity index (χ1) is 9.63. The molecule has 0 unspecified atom stereocenters. The molecule has 1 aromatic heterocycles. The topological polar surface area (TPSA) is 79.4 Å². The van der Waals surface area contributed by atoms with Crippen LogP contribution in [0.25, 0.3) is 0 Å². The van der Waals surface area contributed by atoms with Crippen LogP contribution < -0.4 is 10.6 Å². The number of likely N-dealkylation sites (N-methyl/N-ethyl adjacent to an activating group) is 1. The van der Waals surface area contributed by atoms with Gasteiger partial charge in [-0.2, -0.15) is 0 Å². The summed E-state index contributed by atoms with van der Waals surface area (Å²) in [5.74, 6) is 0.424. The second-order valence-corrected chi connectivity index (χ2v) is 4.49. The lowest BCUT2D eigenvalue weighted by atomic mass is 10.4. The maximum absolute atomic E-state index is 11.8. The molecule has 0 aliphatic heterocycles. The van der Waals surface area contributed by atoms with E-state index in [0.29, 0.717) is 31.3 Å². The highest BCUT2D eigenvalue weighted by Gasteiger charge is 2.06. The number of rotatable bonds is 9. The van der Waals surface area contributed by atoms with Crippen molar-refractivity contribution in [3.8, 4) is 0 Å². The van der Waals surface area contributed by atoms with Crippen molar-refractivity contribution in [3.05, 3.63) is 18.1 Å². The minimum absolute atomic E-state index is 0.239. The van der Waals surface area contributed by atoms with Crippen molar-refractivity contribution in [1.29, 1.82) is 0 Å². The van der Waals surface area contributed by atoms with E-state index >= 15 is 0 Å². The lowest BCUT2D eigenvalue weighted by molar-refractivity contribution is 0.0895. The van der Waals surface area contributed by atoms with Gasteiger partial charge < -0.3 is 20.3 Å². The third-order valence-electron chi connectivity index (χ3n) is 2.46. The number of nitrogens with zero attached hydrogens (tertiary/aromatic N) is 3. The van der Waals surface area contributed by atoms with Gasteiger partial charge in [-0.25, -0.2) is 9.97 Å². The van der Waals surface area contributed by atoms with Gasteiger partial charge in [-0.05, 0) is 21.0 Å². The van der Waals surface area contributed by atoms with Crippen LogP contribution in [0.3, 0.4) is 0 Å². The zero-order valence-corrected chi connectivity index (χ0v) is 12.3. The summed E-state index contributed by atoms with van der Waals surface area (Å²) in [6, 6.07) is 0. The molecule has 0 saturated heterocycles. The van der Waals surface area contributed by atoms with Crippen LogP contribution in [-0.4, -0.2) is 67.7 Å². The highest BCUT2D eigenvalue weighted by Crippen LogP contribution is 2.00. The third-order valence-corrected chi connectivity index (χ3v) is 2.46. The summed E-state index contributed by atoms with van der Waals surface area (Å²) in [5, 5.41) is 5.76. The fraction of sp³-hybridized carbons (Fsp3) is 0.615. The number of hydrogen-bond acceptors (Lipinski definition) is 6. The molecule has 1 aromatic rings. The number of anilines is 1. The SMILES string of the molecule is CCNc1cnc(C(=O)NCCOCCN(C)C)cn1. The van der Waals surface area contributed by atoms with Crippen molar-refractivity contribution >= 4 is 11.7 Å². The fourth-order valence-electron chi connectivity index (χ4n) is 1.39. The van der Waals surface area contributed by atoms with Gasteiger partial charge >= 0.3 is 0 Å². The summed E-state index contributed by atoms with van der Waals surface area (Å²) in [5.41, 5.74) is 0.306. The summed E-state index contributed by atoms with van der Waals surface area (Å²) in [6.45, 7) is 5.21. The smallest absolute Gasteiger partial charge is 0.271 e. The first kappa shape index (κ1) is 16.3. The van der Waals surface area contributed by atoms with E-state index in [4.69, 9.17) is 4.74 Å². The number of carbonyl (C=O) groups excluding carboxylic acids is 1. The molecule has 0 aliphatic carbocycles. The molecule has 7 nitrogen and oxygen atoms in total. The van der Waals surface area contributed by atoms with Gasteiger partial charge in [0.05, 0.1) is 25.6 Å². The van der Waals surface area contributed by atoms with Gasteiger partial charge in [0.25, 0.3) is 5.91 Å². The highest BCUT2D eigenvalue weighted by atomic mass is 16.5. The average Bonchev–Trinajstić information content (AvgIpc) is 2.43. The fourth-order valence-corrected chi connectivity index (χ4v) is 1.39. The molecule has 20 heavy (non-hydrogen) atoms. The molecular formula is C13H23N5O2. The normalized spacial score (nSPS) is 10.6. The minimum atomic E-state index is -0.239. The van der Waals surface area contributed by atoms with Gasteiger partial charge in [-0.1, -0.05) is 0 Å². The molecule has 0 aromatic carbocycles. The second-order valence-electron chi connectivity index (χ2n) is 4.49. The molecule has 1 rings (SSSR count). The Balaban J connectivity index is 2.22. The molecule has 2 N–H and O–H groups in total. The van der Waals surface area contributed by atoms with Crippen molar-refractivity contribution in [2.45, 2.75) is 6.92 Å².